The molecule has 0 spiro atoms. The zero-order valence-corrected chi connectivity index (χ0v) is 29.3. The highest BCUT2D eigenvalue weighted by atomic mass is 15.0. The van der Waals surface area contributed by atoms with E-state index < -0.39 is 0 Å². The van der Waals surface area contributed by atoms with Crippen LogP contribution >= 0.6 is 0 Å². The third kappa shape index (κ3) is 4.92. The fourth-order valence-corrected chi connectivity index (χ4v) is 8.08. The highest BCUT2D eigenvalue weighted by molar-refractivity contribution is 6.13. The first kappa shape index (κ1) is 30.3. The van der Waals surface area contributed by atoms with Crippen LogP contribution in [-0.4, -0.2) is 19.1 Å². The zero-order chi connectivity index (χ0) is 35.6. The van der Waals surface area contributed by atoms with Crippen molar-refractivity contribution in [2.75, 3.05) is 0 Å². The topological polar surface area (TPSA) is 35.6 Å². The fourth-order valence-electron chi connectivity index (χ4n) is 8.08. The van der Waals surface area contributed by atoms with E-state index in [1.807, 2.05) is 6.07 Å². The van der Waals surface area contributed by atoms with Crippen molar-refractivity contribution in [2.24, 2.45) is 0 Å². The van der Waals surface area contributed by atoms with Crippen LogP contribution in [0.3, 0.4) is 0 Å². The molecule has 0 radical (unpaired) electrons. The molecule has 0 aliphatic rings. The molecule has 3 heterocycles. The summed E-state index contributed by atoms with van der Waals surface area (Å²) in [6.45, 7) is 0. The lowest BCUT2D eigenvalue weighted by molar-refractivity contribution is 1.13. The van der Waals surface area contributed by atoms with Crippen LogP contribution in [0.15, 0.2) is 194 Å². The van der Waals surface area contributed by atoms with Crippen LogP contribution < -0.4 is 0 Å². The Bertz CT molecular complexity index is 3190. The molecule has 0 N–H and O–H groups in total. The van der Waals surface area contributed by atoms with Gasteiger partial charge >= 0.3 is 0 Å². The summed E-state index contributed by atoms with van der Waals surface area (Å²) in [5.74, 6) is 0.709. The highest BCUT2D eigenvalue weighted by Crippen LogP contribution is 2.37. The average Bonchev–Trinajstić information content (AvgIpc) is 3.81. The lowest BCUT2D eigenvalue weighted by Gasteiger charge is -2.12. The first-order valence-corrected chi connectivity index (χ1v) is 18.3. The molecule has 0 amide bonds. The molecule has 0 aliphatic heterocycles. The third-order valence-corrected chi connectivity index (χ3v) is 10.7. The summed E-state index contributed by atoms with van der Waals surface area (Å²) >= 11 is 0. The van der Waals surface area contributed by atoms with E-state index in [1.165, 1.54) is 54.6 Å². The van der Waals surface area contributed by atoms with Gasteiger partial charge in [-0.15, -0.1) is 0 Å². The standard InChI is InChI=1S/C50H32N4/c1-3-11-33(12-4-1)35-19-20-37-30-39(22-21-36(37)29-35)49-43-16-7-9-17-45(43)51-50(52-49)34-23-25-41(26-24-34)54-46-18-10-8-15-42(46)44-32-47-38(31-48(44)54)27-28-53(47)40-13-5-2-6-14-40/h1-32H. The summed E-state index contributed by atoms with van der Waals surface area (Å²) in [5.41, 5.74) is 12.1. The molecule has 0 atom stereocenters. The zero-order valence-electron chi connectivity index (χ0n) is 29.3. The van der Waals surface area contributed by atoms with Gasteiger partial charge in [0.05, 0.1) is 27.8 Å². The molecule has 11 rings (SSSR count). The predicted molar refractivity (Wildman–Crippen MR) is 225 cm³/mol. The van der Waals surface area contributed by atoms with Gasteiger partial charge in [-0.25, -0.2) is 9.97 Å². The number of nitrogens with zero attached hydrogens (tertiary/aromatic N) is 4. The molecule has 4 heteroatoms. The van der Waals surface area contributed by atoms with Crippen molar-refractivity contribution >= 4 is 54.4 Å². The van der Waals surface area contributed by atoms with Gasteiger partial charge in [-0.3, -0.25) is 0 Å². The van der Waals surface area contributed by atoms with E-state index in [0.29, 0.717) is 5.82 Å². The molecule has 252 valence electrons. The van der Waals surface area contributed by atoms with Gasteiger partial charge in [0.25, 0.3) is 0 Å². The third-order valence-electron chi connectivity index (χ3n) is 10.7. The van der Waals surface area contributed by atoms with Crippen molar-refractivity contribution in [2.45, 2.75) is 0 Å². The van der Waals surface area contributed by atoms with Crippen molar-refractivity contribution in [1.82, 2.24) is 19.1 Å². The molecule has 4 nitrogen and oxygen atoms in total. The van der Waals surface area contributed by atoms with Gasteiger partial charge in [-0.2, -0.15) is 0 Å². The lowest BCUT2D eigenvalue weighted by Crippen LogP contribution is -1.97. The molecular weight excluding hydrogens is 657 g/mol. The maximum absolute atomic E-state index is 5.25. The molecule has 0 unspecified atom stereocenters. The summed E-state index contributed by atoms with van der Waals surface area (Å²) in [4.78, 5) is 10.3. The van der Waals surface area contributed by atoms with Gasteiger partial charge in [0.15, 0.2) is 5.82 Å². The van der Waals surface area contributed by atoms with Gasteiger partial charge in [0, 0.05) is 50.2 Å². The molecule has 11 aromatic rings. The van der Waals surface area contributed by atoms with Crippen molar-refractivity contribution in [3.8, 4) is 45.1 Å². The van der Waals surface area contributed by atoms with Crippen LogP contribution in [0.4, 0.5) is 0 Å². The molecule has 0 bridgehead atoms. The normalized spacial score (nSPS) is 11.7. The van der Waals surface area contributed by atoms with E-state index >= 15 is 0 Å². The highest BCUT2D eigenvalue weighted by Gasteiger charge is 2.17. The molecule has 0 fully saturated rings. The fraction of sp³-hybridized carbons (Fsp3) is 0. The number of hydrogen-bond acceptors (Lipinski definition) is 2. The van der Waals surface area contributed by atoms with Gasteiger partial charge in [-0.05, 0) is 101 Å². The molecule has 8 aromatic carbocycles. The smallest absolute Gasteiger partial charge is 0.160 e. The summed E-state index contributed by atoms with van der Waals surface area (Å²) in [6.07, 6.45) is 2.16. The Morgan fingerprint density at radius 3 is 1.83 bits per heavy atom. The number of para-hydroxylation sites is 3. The van der Waals surface area contributed by atoms with Crippen molar-refractivity contribution < 1.29 is 0 Å². The minimum atomic E-state index is 0.709. The summed E-state index contributed by atoms with van der Waals surface area (Å²) in [6, 6.07) is 66.9. The van der Waals surface area contributed by atoms with Crippen LogP contribution in [0.25, 0.3) is 99.5 Å². The number of fused-ring (bicyclic) bond motifs is 6. The number of aromatic nitrogens is 4. The minimum Gasteiger partial charge on any atom is -0.317 e. The van der Waals surface area contributed by atoms with Gasteiger partial charge < -0.3 is 9.13 Å². The van der Waals surface area contributed by atoms with E-state index in [9.17, 15) is 0 Å². The summed E-state index contributed by atoms with van der Waals surface area (Å²) < 4.78 is 4.64. The maximum atomic E-state index is 5.25. The lowest BCUT2D eigenvalue weighted by atomic mass is 9.98. The van der Waals surface area contributed by atoms with Crippen LogP contribution in [0.1, 0.15) is 0 Å². The van der Waals surface area contributed by atoms with Crippen molar-refractivity contribution in [3.05, 3.63) is 194 Å². The number of benzene rings is 8. The second kappa shape index (κ2) is 12.1. The number of hydrogen-bond donors (Lipinski definition) is 0. The van der Waals surface area contributed by atoms with E-state index in [2.05, 4.69) is 197 Å². The monoisotopic (exact) mass is 688 g/mol. The molecule has 0 saturated heterocycles. The van der Waals surface area contributed by atoms with Gasteiger partial charge in [0.1, 0.15) is 0 Å². The molecule has 54 heavy (non-hydrogen) atoms. The van der Waals surface area contributed by atoms with E-state index in [1.54, 1.807) is 0 Å². The SMILES string of the molecule is c1ccc(-c2ccc3cc(-c4nc(-c5ccc(-n6c7ccccc7c7cc8c(ccn8-c8ccccc8)cc76)cc5)nc5ccccc45)ccc3c2)cc1. The maximum Gasteiger partial charge on any atom is 0.160 e. The predicted octanol–water partition coefficient (Wildman–Crippen LogP) is 12.8. The molecule has 0 saturated carbocycles. The van der Waals surface area contributed by atoms with Gasteiger partial charge in [-0.1, -0.05) is 109 Å². The van der Waals surface area contributed by atoms with E-state index in [0.717, 1.165) is 39.1 Å². The van der Waals surface area contributed by atoms with E-state index in [-0.39, 0.29) is 0 Å². The van der Waals surface area contributed by atoms with Crippen LogP contribution in [0.5, 0.6) is 0 Å². The second-order valence-corrected chi connectivity index (χ2v) is 13.9. The molecular formula is C50H32N4. The van der Waals surface area contributed by atoms with Crippen LogP contribution in [0.2, 0.25) is 0 Å². The second-order valence-electron chi connectivity index (χ2n) is 13.9. The number of rotatable bonds is 5. The minimum absolute atomic E-state index is 0.709. The summed E-state index contributed by atoms with van der Waals surface area (Å²) in [5, 5.41) is 7.08. The Hall–Kier alpha value is -7.30. The Morgan fingerprint density at radius 1 is 0.352 bits per heavy atom. The summed E-state index contributed by atoms with van der Waals surface area (Å²) in [7, 11) is 0. The Labute approximate surface area is 311 Å². The van der Waals surface area contributed by atoms with Crippen LogP contribution in [-0.2, 0) is 0 Å². The van der Waals surface area contributed by atoms with Crippen molar-refractivity contribution in [3.63, 3.8) is 0 Å². The first-order chi connectivity index (χ1) is 26.7. The largest absolute Gasteiger partial charge is 0.317 e. The Morgan fingerprint density at radius 2 is 1.02 bits per heavy atom. The van der Waals surface area contributed by atoms with Crippen molar-refractivity contribution in [1.29, 1.82) is 0 Å². The van der Waals surface area contributed by atoms with Crippen LogP contribution in [0, 0.1) is 0 Å². The average molecular weight is 689 g/mol. The Balaban J connectivity index is 1.01. The quantitative estimate of drug-likeness (QED) is 0.180. The molecule has 0 aliphatic carbocycles. The Kier molecular flexibility index (Phi) is 6.82. The van der Waals surface area contributed by atoms with E-state index in [4.69, 9.17) is 9.97 Å². The first-order valence-electron chi connectivity index (χ1n) is 18.3. The van der Waals surface area contributed by atoms with Gasteiger partial charge in [0.2, 0.25) is 0 Å². The molecule has 3 aromatic heterocycles.